The van der Waals surface area contributed by atoms with Crippen LogP contribution >= 0.6 is 0 Å². The molecule has 0 aliphatic carbocycles. The Kier molecular flexibility index (Phi) is 47.3. The number of carbonyl (C=O) groups excluding carboxylic acids is 1. The van der Waals surface area contributed by atoms with E-state index in [-0.39, 0.29) is 0 Å². The van der Waals surface area contributed by atoms with Crippen molar-refractivity contribution in [1.29, 1.82) is 0 Å². The fourth-order valence-electron chi connectivity index (χ4n) is 0. The minimum Gasteiger partial charge on any atom is -0.655 e. The van der Waals surface area contributed by atoms with Crippen LogP contribution < -0.4 is 0 Å². The van der Waals surface area contributed by atoms with Gasteiger partial charge in [-0.05, 0) is 0 Å². The van der Waals surface area contributed by atoms with Gasteiger partial charge in [-0.1, -0.05) is 6.47 Å². The summed E-state index contributed by atoms with van der Waals surface area (Å²) in [5.74, 6) is 0. The maximum atomic E-state index is 8.83. The fourth-order valence-corrected chi connectivity index (χ4v) is 0. The third-order valence-electron chi connectivity index (χ3n) is 0.0833. The van der Waals surface area contributed by atoms with Gasteiger partial charge in [-0.2, -0.15) is 0 Å². The van der Waals surface area contributed by atoms with E-state index in [0.717, 1.165) is 0 Å². The van der Waals surface area contributed by atoms with Gasteiger partial charge < -0.3 is 9.53 Å². The average Bonchev–Trinajstić information content (AvgIpc) is 1.37. The molecule has 0 aromatic carbocycles. The maximum absolute atomic E-state index is 8.83. The molecular weight excluding hydrogens is 323 g/mol. The molecule has 0 aliphatic rings. The molecule has 26 valence electrons. The van der Waals surface area contributed by atoms with Crippen molar-refractivity contribution in [2.75, 3.05) is 7.11 Å². The Bertz CT molecular complexity index is 21.6. The summed E-state index contributed by atoms with van der Waals surface area (Å²) in [4.78, 5) is 8.83. The van der Waals surface area contributed by atoms with E-state index < -0.39 is 0 Å². The van der Waals surface area contributed by atoms with Gasteiger partial charge in [-0.3, -0.25) is 0 Å². The molecule has 0 rings (SSSR count). The van der Waals surface area contributed by atoms with Crippen LogP contribution in [0.2, 0.25) is 0 Å². The third-order valence-corrected chi connectivity index (χ3v) is 0.0833. The van der Waals surface area contributed by atoms with Gasteiger partial charge in [0.2, 0.25) is 0 Å². The molecule has 0 saturated heterocycles. The molecule has 0 radical (unpaired) electrons. The first-order valence-corrected chi connectivity index (χ1v) is 0.816. The molecule has 0 spiro atoms. The molecule has 0 aliphatic heterocycles. The van der Waals surface area contributed by atoms with E-state index in [2.05, 4.69) is 4.74 Å². The summed E-state index contributed by atoms with van der Waals surface area (Å²) >= 11 is 0. The Balaban J connectivity index is 0. The van der Waals surface area contributed by atoms with Crippen LogP contribution in [-0.4, -0.2) is 13.6 Å². The summed E-state index contributed by atoms with van der Waals surface area (Å²) in [6, 6.07) is 0. The van der Waals surface area contributed by atoms with Crippen molar-refractivity contribution in [3.8, 4) is 0 Å². The third kappa shape index (κ3) is 1.94. The monoisotopic (exact) mass is 326 g/mol. The largest absolute Gasteiger partial charge is 0.655 e. The summed E-state index contributed by atoms with van der Waals surface area (Å²) < 4.78 is 3.74. The maximum Gasteiger partial charge on any atom is 0.0362 e. The minimum atomic E-state index is 0. The molecule has 0 N–H and O–H groups in total. The van der Waals surface area contributed by atoms with E-state index >= 15 is 0 Å². The first-order chi connectivity index (χ1) is 1.91. The predicted molar refractivity (Wildman–Crippen MR) is 12.7 cm³/mol. The van der Waals surface area contributed by atoms with Crippen molar-refractivity contribution in [3.63, 3.8) is 0 Å². The van der Waals surface area contributed by atoms with E-state index in [1.165, 1.54) is 13.6 Å². The van der Waals surface area contributed by atoms with Crippen LogP contribution in [0.3, 0.4) is 0 Å². The molecule has 0 bridgehead atoms. The molecule has 0 fully saturated rings. The van der Waals surface area contributed by atoms with Gasteiger partial charge in [0, 0.05) is 7.11 Å². The predicted octanol–water partition coefficient (Wildman–Crippen LogP) is -0.300. The zero-order valence-corrected chi connectivity index (χ0v) is 9.42. The van der Waals surface area contributed by atoms with Gasteiger partial charge >= 0.3 is 0 Å². The summed E-state index contributed by atoms with van der Waals surface area (Å²) in [5, 5.41) is 0. The van der Waals surface area contributed by atoms with E-state index in [1.54, 1.807) is 0 Å². The summed E-state index contributed by atoms with van der Waals surface area (Å²) in [7, 11) is 1.26. The molecule has 0 heterocycles. The van der Waals surface area contributed by atoms with E-state index in [4.69, 9.17) is 4.79 Å². The Morgan fingerprint density at radius 1 is 1.80 bits per heavy atom. The molecule has 0 unspecified atom stereocenters. The average molecular weight is 326 g/mol. The van der Waals surface area contributed by atoms with Gasteiger partial charge in [0.15, 0.2) is 0 Å². The smallest absolute Gasteiger partial charge is 0.0362 e. The molecule has 0 aromatic rings. The topological polar surface area (TPSA) is 26.3 Å². The molecule has 0 atom stereocenters. The van der Waals surface area contributed by atoms with Crippen LogP contribution in [0.15, 0.2) is 0 Å². The van der Waals surface area contributed by atoms with E-state index in [9.17, 15) is 0 Å². The van der Waals surface area contributed by atoms with Gasteiger partial charge in [-0.25, -0.2) is 0 Å². The fraction of sp³-hybridized carbons (Fsp3) is 0.500. The number of hydrogen-bond acceptors (Lipinski definition) is 2. The summed E-state index contributed by atoms with van der Waals surface area (Å²) in [5.41, 5.74) is 0. The van der Waals surface area contributed by atoms with Gasteiger partial charge in [0.05, 0.1) is 0 Å². The zero-order valence-electron chi connectivity index (χ0n) is 3.02. The summed E-state index contributed by atoms with van der Waals surface area (Å²) in [6.07, 6.45) is 0. The zero-order chi connectivity index (χ0) is 3.41. The van der Waals surface area contributed by atoms with E-state index in [0.29, 0.717) is 0 Å². The van der Waals surface area contributed by atoms with Crippen molar-refractivity contribution < 1.29 is 9.53 Å². The van der Waals surface area contributed by atoms with Crippen LogP contribution in [0, 0.1) is 0 Å². The molecule has 2 nitrogen and oxygen atoms in total. The second-order valence-corrected chi connectivity index (χ2v) is 0.287. The second kappa shape index (κ2) is 24.2. The second-order valence-electron chi connectivity index (χ2n) is 0.287. The Labute approximate surface area is 24.4 Å². The van der Waals surface area contributed by atoms with Gasteiger partial charge in [0.25, 0.3) is 0 Å². The molecule has 3 heteroatoms. The van der Waals surface area contributed by atoms with Crippen molar-refractivity contribution >= 4 is 6.47 Å². The number of ether oxygens (including phenoxy) is 1. The molecular formula is C2H3O2Rf-. The normalized spacial score (nSPS) is 4.20. The standard InChI is InChI=1S/C2H3O2.Rf/c1-4-2-3;/h1H3;/q-1;. The van der Waals surface area contributed by atoms with Crippen LogP contribution in [0.4, 0.5) is 0 Å². The van der Waals surface area contributed by atoms with E-state index in [1.807, 2.05) is 0 Å². The van der Waals surface area contributed by atoms with Crippen molar-refractivity contribution in [2.24, 2.45) is 0 Å². The first-order valence-electron chi connectivity index (χ1n) is 0.816. The Morgan fingerprint density at radius 3 is 2.00 bits per heavy atom. The Hall–Kier alpha value is -1.53. The molecule has 5 heavy (non-hydrogen) atoms. The molecule has 0 amide bonds. The SMILES string of the molecule is CO[C-]=O.[Rf]. The van der Waals surface area contributed by atoms with Gasteiger partial charge in [-0.15, -0.1) is 0 Å². The van der Waals surface area contributed by atoms with Crippen LogP contribution in [0.25, 0.3) is 0 Å². The van der Waals surface area contributed by atoms with Crippen molar-refractivity contribution in [1.82, 2.24) is 0 Å². The van der Waals surface area contributed by atoms with Gasteiger partial charge in [0.1, 0.15) is 0 Å². The summed E-state index contributed by atoms with van der Waals surface area (Å²) in [6.45, 7) is 1.18. The number of rotatable bonds is 1. The van der Waals surface area contributed by atoms with Crippen molar-refractivity contribution in [3.05, 3.63) is 0 Å². The number of methoxy groups -OCH3 is 1. The van der Waals surface area contributed by atoms with Crippen LogP contribution in [0.1, 0.15) is 0 Å². The molecule has 0 aromatic heterocycles. The van der Waals surface area contributed by atoms with Crippen molar-refractivity contribution in [2.45, 2.75) is 0 Å². The minimum absolute atomic E-state index is 0. The molecule has 0 saturated carbocycles. The first kappa shape index (κ1) is 9.80. The quantitative estimate of drug-likeness (QED) is 0.619. The van der Waals surface area contributed by atoms with Crippen LogP contribution in [-0.2, 0) is 9.53 Å². The number of hydrogen-bond donors (Lipinski definition) is 0. The Morgan fingerprint density at radius 2 is 2.00 bits per heavy atom. The van der Waals surface area contributed by atoms with Crippen LogP contribution in [0.5, 0.6) is 0 Å².